The molecule has 0 aliphatic carbocycles. The second kappa shape index (κ2) is 7.33. The molecule has 0 aromatic heterocycles. The van der Waals surface area contributed by atoms with Crippen LogP contribution in [-0.2, 0) is 24.3 Å². The molecule has 0 aromatic rings. The maximum absolute atomic E-state index is 12.3. The van der Waals surface area contributed by atoms with Gasteiger partial charge in [-0.15, -0.1) is 4.28 Å². The quantitative estimate of drug-likeness (QED) is 0.364. The molecule has 3 rings (SSSR count). The van der Waals surface area contributed by atoms with Gasteiger partial charge in [-0.3, -0.25) is 14.2 Å². The van der Waals surface area contributed by atoms with Crippen molar-refractivity contribution in [2.24, 2.45) is 5.92 Å². The van der Waals surface area contributed by atoms with Crippen LogP contribution in [0.25, 0.3) is 0 Å². The fourth-order valence-electron chi connectivity index (χ4n) is 3.43. The van der Waals surface area contributed by atoms with E-state index < -0.39 is 34.4 Å². The third-order valence-electron chi connectivity index (χ3n) is 4.66. The van der Waals surface area contributed by atoms with E-state index in [4.69, 9.17) is 14.7 Å². The largest absolute Gasteiger partial charge is 0.418 e. The second-order valence-corrected chi connectivity index (χ2v) is 7.46. The topological polar surface area (TPSA) is 161 Å². The lowest BCUT2D eigenvalue weighted by atomic mass is 10.0. The summed E-state index contributed by atoms with van der Waals surface area (Å²) in [6, 6.07) is -0.0615. The first-order valence-corrected chi connectivity index (χ1v) is 9.46. The van der Waals surface area contributed by atoms with Gasteiger partial charge in [-0.05, 0) is 19.3 Å². The second-order valence-electron chi connectivity index (χ2n) is 6.45. The highest BCUT2D eigenvalue weighted by atomic mass is 32.3. The molecular formula is C13H19N5O7S. The average molecular weight is 389 g/mol. The van der Waals surface area contributed by atoms with Gasteiger partial charge in [0.1, 0.15) is 6.04 Å². The smallest absolute Gasteiger partial charge is 0.310 e. The van der Waals surface area contributed by atoms with Gasteiger partial charge in [0.15, 0.2) is 0 Å². The molecule has 0 saturated carbocycles. The minimum atomic E-state index is -4.82. The molecule has 3 heterocycles. The number of nitrogens with zero attached hydrogens (tertiary/aromatic N) is 3. The molecule has 4 atom stereocenters. The Labute approximate surface area is 149 Å². The number of hydroxylamine groups is 3. The van der Waals surface area contributed by atoms with Gasteiger partial charge in [0.2, 0.25) is 0 Å². The molecule has 0 radical (unpaired) electrons. The summed E-state index contributed by atoms with van der Waals surface area (Å²) in [4.78, 5) is 30.9. The van der Waals surface area contributed by atoms with Gasteiger partial charge in [-0.25, -0.2) is 10.3 Å². The van der Waals surface area contributed by atoms with Crippen LogP contribution in [0.4, 0.5) is 4.79 Å². The predicted octanol–water partition coefficient (Wildman–Crippen LogP) is -1.46. The van der Waals surface area contributed by atoms with Crippen molar-refractivity contribution in [3.05, 3.63) is 0 Å². The first-order valence-electron chi connectivity index (χ1n) is 8.10. The zero-order valence-electron chi connectivity index (χ0n) is 13.7. The monoisotopic (exact) mass is 389 g/mol. The third kappa shape index (κ3) is 4.05. The fraction of sp³-hybridized carbons (Fsp3) is 0.769. The number of urea groups is 1. The van der Waals surface area contributed by atoms with E-state index in [9.17, 15) is 18.0 Å². The Bertz CT molecular complexity index is 723. The van der Waals surface area contributed by atoms with Crippen molar-refractivity contribution in [1.29, 1.82) is 5.26 Å². The van der Waals surface area contributed by atoms with Crippen LogP contribution in [0, 0.1) is 17.2 Å². The average Bonchev–Trinajstić information content (AvgIpc) is 3.13. The van der Waals surface area contributed by atoms with E-state index in [2.05, 4.69) is 21.1 Å². The summed E-state index contributed by atoms with van der Waals surface area (Å²) in [5.74, 6) is -0.606. The molecule has 26 heavy (non-hydrogen) atoms. The number of hydrogen-bond donors (Lipinski definition) is 3. The lowest BCUT2D eigenvalue weighted by Gasteiger charge is -2.29. The zero-order valence-corrected chi connectivity index (χ0v) is 14.5. The van der Waals surface area contributed by atoms with Crippen molar-refractivity contribution in [1.82, 2.24) is 20.8 Å². The lowest BCUT2D eigenvalue weighted by molar-refractivity contribution is -0.139. The molecular weight excluding hydrogens is 370 g/mol. The minimum absolute atomic E-state index is 0.0391. The zero-order chi connectivity index (χ0) is 18.9. The molecule has 0 spiro atoms. The summed E-state index contributed by atoms with van der Waals surface area (Å²) in [5, 5.41) is 12.5. The van der Waals surface area contributed by atoms with Crippen LogP contribution < -0.4 is 10.8 Å². The molecule has 3 saturated heterocycles. The van der Waals surface area contributed by atoms with Gasteiger partial charge in [-0.2, -0.15) is 18.7 Å². The van der Waals surface area contributed by atoms with E-state index in [-0.39, 0.29) is 25.1 Å². The van der Waals surface area contributed by atoms with Crippen molar-refractivity contribution in [2.75, 3.05) is 19.7 Å². The predicted molar refractivity (Wildman–Crippen MR) is 83.0 cm³/mol. The molecule has 3 aliphatic heterocycles. The number of nitrogens with one attached hydrogen (secondary N) is 2. The fourth-order valence-corrected chi connectivity index (χ4v) is 3.82. The number of amides is 3. The maximum atomic E-state index is 12.3. The number of carbonyl (C=O) groups is 2. The van der Waals surface area contributed by atoms with Crippen LogP contribution in [0.15, 0.2) is 0 Å². The Morgan fingerprint density at radius 1 is 1.46 bits per heavy atom. The molecule has 3 N–H and O–H groups in total. The molecule has 3 aliphatic rings. The highest BCUT2D eigenvalue weighted by molar-refractivity contribution is 7.80. The Morgan fingerprint density at radius 2 is 2.23 bits per heavy atom. The van der Waals surface area contributed by atoms with Crippen molar-refractivity contribution in [3.8, 4) is 6.07 Å². The Morgan fingerprint density at radius 3 is 2.88 bits per heavy atom. The molecule has 0 aromatic carbocycles. The van der Waals surface area contributed by atoms with E-state index in [1.165, 1.54) is 4.90 Å². The number of nitriles is 1. The standard InChI is InChI=1S/C13H19N5O7S/c14-4-8-3-9(15-5-8)7-24-16-12(19)11-2-1-10-6-17(11)13(20)18(10)25-26(21,22)23/h8-11,15H,1-3,5-7H2,(H,16,19)(H,21,22,23)/t8?,9?,10?,11-/m0/s1. The number of carbonyl (C=O) groups excluding carboxylic acids is 2. The molecule has 3 unspecified atom stereocenters. The molecule has 12 nitrogen and oxygen atoms in total. The highest BCUT2D eigenvalue weighted by Crippen LogP contribution is 2.30. The van der Waals surface area contributed by atoms with E-state index >= 15 is 0 Å². The van der Waals surface area contributed by atoms with Gasteiger partial charge in [0.25, 0.3) is 5.91 Å². The van der Waals surface area contributed by atoms with E-state index in [1.54, 1.807) is 0 Å². The normalized spacial score (nSPS) is 31.2. The highest BCUT2D eigenvalue weighted by Gasteiger charge is 2.49. The molecule has 144 valence electrons. The summed E-state index contributed by atoms with van der Waals surface area (Å²) in [6.45, 7) is 0.875. The maximum Gasteiger partial charge on any atom is 0.418 e. The molecule has 3 fully saturated rings. The van der Waals surface area contributed by atoms with E-state index in [0.29, 0.717) is 30.9 Å². The summed E-state index contributed by atoms with van der Waals surface area (Å²) in [5.41, 5.74) is 2.30. The van der Waals surface area contributed by atoms with E-state index in [0.717, 1.165) is 0 Å². The summed E-state index contributed by atoms with van der Waals surface area (Å²) in [7, 11) is -4.82. The van der Waals surface area contributed by atoms with Crippen LogP contribution in [0.2, 0.25) is 0 Å². The summed E-state index contributed by atoms with van der Waals surface area (Å²) >= 11 is 0. The Hall–Kier alpha value is -1.98. The van der Waals surface area contributed by atoms with Crippen LogP contribution in [0.3, 0.4) is 0 Å². The van der Waals surface area contributed by atoms with Crippen molar-refractivity contribution in [2.45, 2.75) is 37.4 Å². The van der Waals surface area contributed by atoms with E-state index in [1.807, 2.05) is 0 Å². The van der Waals surface area contributed by atoms with Gasteiger partial charge < -0.3 is 10.2 Å². The van der Waals surface area contributed by atoms with Crippen LogP contribution in [0.1, 0.15) is 19.3 Å². The number of piperidine rings is 1. The van der Waals surface area contributed by atoms with Gasteiger partial charge in [0.05, 0.1) is 24.6 Å². The number of rotatable bonds is 6. The van der Waals surface area contributed by atoms with Gasteiger partial charge >= 0.3 is 16.4 Å². The summed E-state index contributed by atoms with van der Waals surface area (Å²) in [6.07, 6.45) is 1.27. The van der Waals surface area contributed by atoms with Crippen LogP contribution in [-0.4, -0.2) is 72.7 Å². The summed E-state index contributed by atoms with van der Waals surface area (Å²) < 4.78 is 34.7. The van der Waals surface area contributed by atoms with Gasteiger partial charge in [-0.1, -0.05) is 0 Å². The van der Waals surface area contributed by atoms with Crippen LogP contribution in [0.5, 0.6) is 0 Å². The number of hydrogen-bond acceptors (Lipinski definition) is 8. The van der Waals surface area contributed by atoms with Crippen molar-refractivity contribution in [3.63, 3.8) is 0 Å². The number of fused-ring (bicyclic) bond motifs is 2. The SMILES string of the molecule is N#CC1CNC(CONC(=O)[C@@H]2CCC3CN2C(=O)N3OS(=O)(=O)O)C1. The first kappa shape index (κ1) is 18.8. The van der Waals surface area contributed by atoms with Crippen LogP contribution >= 0.6 is 0 Å². The molecule has 3 amide bonds. The Balaban J connectivity index is 1.50. The Kier molecular flexibility index (Phi) is 5.30. The lowest BCUT2D eigenvalue weighted by Crippen LogP contribution is -2.50. The third-order valence-corrected chi connectivity index (χ3v) is 5.01. The molecule has 13 heteroatoms. The van der Waals surface area contributed by atoms with Gasteiger partial charge in [0, 0.05) is 19.1 Å². The van der Waals surface area contributed by atoms with Crippen molar-refractivity contribution >= 4 is 22.3 Å². The minimum Gasteiger partial charge on any atom is -0.310 e. The first-order chi connectivity index (χ1) is 12.3. The van der Waals surface area contributed by atoms with Crippen molar-refractivity contribution < 1.29 is 31.7 Å². The molecule has 2 bridgehead atoms.